The average Bonchev–Trinajstić information content (AvgIpc) is 2.43. The molecule has 4 rings (SSSR count). The van der Waals surface area contributed by atoms with E-state index < -0.39 is 11.9 Å². The van der Waals surface area contributed by atoms with Crippen molar-refractivity contribution in [2.45, 2.75) is 66.2 Å². The Kier molecular flexibility index (Phi) is 5.50. The second kappa shape index (κ2) is 6.97. The zero-order chi connectivity index (χ0) is 19.0. The lowest BCUT2D eigenvalue weighted by Gasteiger charge is -2.56. The smallest absolute Gasteiger partial charge is 0.331 e. The first kappa shape index (κ1) is 19.7. The van der Waals surface area contributed by atoms with Crippen molar-refractivity contribution >= 4 is 11.9 Å². The molecule has 0 amide bonds. The largest absolute Gasteiger partial charge is 0.478 e. The minimum absolute atomic E-state index is 0.252. The van der Waals surface area contributed by atoms with Crippen LogP contribution < -0.4 is 0 Å². The molecule has 0 saturated heterocycles. The molecule has 2 N–H and O–H groups in total. The fraction of sp³-hybridized carbons (Fsp3) is 0.714. The number of carboxylic acids is 2. The van der Waals surface area contributed by atoms with E-state index in [4.69, 9.17) is 10.2 Å². The van der Waals surface area contributed by atoms with Gasteiger partial charge in [0.1, 0.15) is 0 Å². The van der Waals surface area contributed by atoms with E-state index >= 15 is 0 Å². The Labute approximate surface area is 151 Å². The first-order chi connectivity index (χ1) is 11.4. The Morgan fingerprint density at radius 1 is 0.960 bits per heavy atom. The van der Waals surface area contributed by atoms with Gasteiger partial charge in [-0.3, -0.25) is 0 Å². The van der Waals surface area contributed by atoms with Crippen LogP contribution in [-0.4, -0.2) is 22.2 Å². The highest BCUT2D eigenvalue weighted by Gasteiger charge is 2.49. The maximum Gasteiger partial charge on any atom is 0.331 e. The fourth-order valence-electron chi connectivity index (χ4n) is 5.20. The number of carbonyl (C=O) groups is 2. The maximum atomic E-state index is 11.0. The third kappa shape index (κ3) is 4.74. The maximum absolute atomic E-state index is 11.0. The molecule has 4 bridgehead atoms. The Morgan fingerprint density at radius 3 is 1.60 bits per heavy atom. The van der Waals surface area contributed by atoms with E-state index in [0.717, 1.165) is 17.8 Å². The second-order valence-electron chi connectivity index (χ2n) is 9.45. The van der Waals surface area contributed by atoms with Crippen LogP contribution >= 0.6 is 0 Å². The zero-order valence-electron chi connectivity index (χ0n) is 16.0. The van der Waals surface area contributed by atoms with E-state index in [0.29, 0.717) is 5.57 Å². The van der Waals surface area contributed by atoms with Crippen LogP contribution in [0, 0.1) is 28.6 Å². The van der Waals surface area contributed by atoms with E-state index in [1.54, 1.807) is 6.92 Å². The molecule has 0 unspecified atom stereocenters. The Hall–Kier alpha value is -1.58. The number of carboxylic acid groups (broad SMARTS) is 2. The molecule has 0 aliphatic heterocycles. The molecular formula is C21H32O4. The third-order valence-corrected chi connectivity index (χ3v) is 6.11. The number of hydrogen-bond donors (Lipinski definition) is 2. The summed E-state index contributed by atoms with van der Waals surface area (Å²) in [5.74, 6) is 1.02. The molecule has 0 heterocycles. The minimum Gasteiger partial charge on any atom is -0.478 e. The van der Waals surface area contributed by atoms with Gasteiger partial charge < -0.3 is 10.2 Å². The lowest BCUT2D eigenvalue weighted by Crippen LogP contribution is -2.45. The summed E-state index contributed by atoms with van der Waals surface area (Å²) in [7, 11) is 0. The first-order valence-corrected chi connectivity index (χ1v) is 9.27. The van der Waals surface area contributed by atoms with Crippen LogP contribution in [0.15, 0.2) is 23.8 Å². The lowest BCUT2D eigenvalue weighted by molar-refractivity contribution is -0.134. The predicted molar refractivity (Wildman–Crippen MR) is 98.2 cm³/mol. The summed E-state index contributed by atoms with van der Waals surface area (Å²) in [6.07, 6.45) is 10.1. The summed E-state index contributed by atoms with van der Waals surface area (Å²) in [6, 6.07) is 0. The van der Waals surface area contributed by atoms with Crippen molar-refractivity contribution in [3.05, 3.63) is 23.8 Å². The van der Waals surface area contributed by atoms with Crippen molar-refractivity contribution in [1.29, 1.82) is 0 Å². The van der Waals surface area contributed by atoms with Crippen LogP contribution in [-0.2, 0) is 9.59 Å². The molecule has 4 fully saturated rings. The van der Waals surface area contributed by atoms with E-state index in [9.17, 15) is 9.59 Å². The van der Waals surface area contributed by atoms with Gasteiger partial charge in [-0.1, -0.05) is 33.4 Å². The highest BCUT2D eigenvalue weighted by Crippen LogP contribution is 2.60. The summed E-state index contributed by atoms with van der Waals surface area (Å²) < 4.78 is 0. The number of allylic oxidation sites excluding steroid dienone is 1. The third-order valence-electron chi connectivity index (χ3n) is 6.11. The summed E-state index contributed by atoms with van der Waals surface area (Å²) in [6.45, 7) is 10.6. The molecular weight excluding hydrogens is 316 g/mol. The van der Waals surface area contributed by atoms with Gasteiger partial charge in [-0.05, 0) is 74.0 Å². The summed E-state index contributed by atoms with van der Waals surface area (Å²) in [5, 5.41) is 17.4. The van der Waals surface area contributed by atoms with Crippen LogP contribution in [0.2, 0.25) is 0 Å². The molecule has 140 valence electrons. The summed E-state index contributed by atoms with van der Waals surface area (Å²) >= 11 is 0. The first-order valence-electron chi connectivity index (χ1n) is 9.27. The molecule has 0 aromatic heterocycles. The number of hydrogen-bond acceptors (Lipinski definition) is 2. The molecule has 0 radical (unpaired) electrons. The van der Waals surface area contributed by atoms with Crippen molar-refractivity contribution in [1.82, 2.24) is 0 Å². The Bertz CT molecular complexity index is 556. The topological polar surface area (TPSA) is 74.6 Å². The number of rotatable bonds is 3. The molecule has 4 heteroatoms. The number of aliphatic carboxylic acids is 2. The van der Waals surface area contributed by atoms with Crippen LogP contribution in [0.5, 0.6) is 0 Å². The van der Waals surface area contributed by atoms with E-state index in [-0.39, 0.29) is 16.4 Å². The summed E-state index contributed by atoms with van der Waals surface area (Å²) in [5.41, 5.74) is 0.757. The van der Waals surface area contributed by atoms with Crippen molar-refractivity contribution in [2.24, 2.45) is 28.6 Å². The molecule has 4 aliphatic rings. The minimum atomic E-state index is -0.914. The highest BCUT2D eigenvalue weighted by molar-refractivity contribution is 5.87. The van der Waals surface area contributed by atoms with Gasteiger partial charge in [0.15, 0.2) is 0 Å². The van der Waals surface area contributed by atoms with Gasteiger partial charge in [0.25, 0.3) is 0 Å². The molecule has 0 spiro atoms. The van der Waals surface area contributed by atoms with Gasteiger partial charge in [-0.25, -0.2) is 9.59 Å². The zero-order valence-corrected chi connectivity index (χ0v) is 16.0. The van der Waals surface area contributed by atoms with Crippen molar-refractivity contribution in [3.63, 3.8) is 0 Å². The van der Waals surface area contributed by atoms with Gasteiger partial charge in [0.2, 0.25) is 0 Å². The molecule has 0 aromatic rings. The van der Waals surface area contributed by atoms with E-state index in [1.807, 2.05) is 20.8 Å². The SMILES string of the molecule is C=C(C(=O)O)C(C)(C)C.CC(=CC12CC3CC(CC(C3)C1)C2)C(=O)O. The van der Waals surface area contributed by atoms with Gasteiger partial charge >= 0.3 is 11.9 Å². The van der Waals surface area contributed by atoms with Gasteiger partial charge in [-0.2, -0.15) is 0 Å². The van der Waals surface area contributed by atoms with Crippen LogP contribution in [0.25, 0.3) is 0 Å². The highest BCUT2D eigenvalue weighted by atomic mass is 16.4. The summed E-state index contributed by atoms with van der Waals surface area (Å²) in [4.78, 5) is 21.2. The van der Waals surface area contributed by atoms with Crippen molar-refractivity contribution in [2.75, 3.05) is 0 Å². The van der Waals surface area contributed by atoms with Crippen molar-refractivity contribution in [3.8, 4) is 0 Å². The Balaban J connectivity index is 0.000000217. The normalized spacial score (nSPS) is 33.4. The molecule has 25 heavy (non-hydrogen) atoms. The standard InChI is InChI=1S/C14H20O2.C7H12O2/c1-9(13(15)16)5-14-6-10-2-11(7-14)4-12(3-10)8-14;1-5(6(8)9)7(2,3)4/h5,10-12H,2-4,6-8H2,1H3,(H,15,16);1H2,2-4H3,(H,8,9). The fourth-order valence-corrected chi connectivity index (χ4v) is 5.20. The van der Waals surface area contributed by atoms with Gasteiger partial charge in [0.05, 0.1) is 0 Å². The van der Waals surface area contributed by atoms with Crippen LogP contribution in [0.1, 0.15) is 66.2 Å². The van der Waals surface area contributed by atoms with E-state index in [2.05, 4.69) is 12.7 Å². The molecule has 4 nitrogen and oxygen atoms in total. The molecule has 0 atom stereocenters. The monoisotopic (exact) mass is 348 g/mol. The Morgan fingerprint density at radius 2 is 1.36 bits per heavy atom. The van der Waals surface area contributed by atoms with Crippen LogP contribution in [0.3, 0.4) is 0 Å². The lowest BCUT2D eigenvalue weighted by atomic mass is 9.49. The molecule has 0 aromatic carbocycles. The van der Waals surface area contributed by atoms with Crippen molar-refractivity contribution < 1.29 is 19.8 Å². The molecule has 4 saturated carbocycles. The average molecular weight is 348 g/mol. The van der Waals surface area contributed by atoms with Gasteiger partial charge in [0, 0.05) is 11.1 Å². The van der Waals surface area contributed by atoms with E-state index in [1.165, 1.54) is 38.5 Å². The molecule has 4 aliphatic carbocycles. The quantitative estimate of drug-likeness (QED) is 0.711. The van der Waals surface area contributed by atoms with Crippen LogP contribution in [0.4, 0.5) is 0 Å². The van der Waals surface area contributed by atoms with Gasteiger partial charge in [-0.15, -0.1) is 0 Å². The predicted octanol–water partition coefficient (Wildman–Crippen LogP) is 4.91. The second-order valence-corrected chi connectivity index (χ2v) is 9.45.